The quantitative estimate of drug-likeness (QED) is 0.565. The van der Waals surface area contributed by atoms with Gasteiger partial charge >= 0.3 is 11.9 Å². The van der Waals surface area contributed by atoms with Crippen molar-refractivity contribution in [3.8, 4) is 0 Å². The summed E-state index contributed by atoms with van der Waals surface area (Å²) in [6.45, 7) is 13.7. The molecule has 3 aliphatic rings. The lowest BCUT2D eigenvalue weighted by Gasteiger charge is -2.52. The number of rotatable bonds is 4. The molecular weight excluding hydrogens is 376 g/mol. The van der Waals surface area contributed by atoms with E-state index in [4.69, 9.17) is 18.9 Å². The summed E-state index contributed by atoms with van der Waals surface area (Å²) in [6, 6.07) is 0. The zero-order valence-electron chi connectivity index (χ0n) is 17.8. The van der Waals surface area contributed by atoms with E-state index in [-0.39, 0.29) is 29.8 Å². The van der Waals surface area contributed by atoms with E-state index in [2.05, 4.69) is 6.58 Å². The van der Waals surface area contributed by atoms with E-state index in [1.807, 2.05) is 20.8 Å². The minimum Gasteiger partial charge on any atom is -0.458 e. The first-order valence-corrected chi connectivity index (χ1v) is 10.3. The van der Waals surface area contributed by atoms with Crippen LogP contribution < -0.4 is 0 Å². The van der Waals surface area contributed by atoms with Crippen molar-refractivity contribution in [3.63, 3.8) is 0 Å². The Balaban J connectivity index is 2.01. The van der Waals surface area contributed by atoms with Crippen LogP contribution in [0.1, 0.15) is 47.5 Å². The van der Waals surface area contributed by atoms with Crippen molar-refractivity contribution in [2.24, 2.45) is 23.2 Å². The Kier molecular flexibility index (Phi) is 6.22. The maximum Gasteiger partial charge on any atom is 0.334 e. The second-order valence-corrected chi connectivity index (χ2v) is 8.68. The zero-order chi connectivity index (χ0) is 21.5. The lowest BCUT2D eigenvalue weighted by Crippen LogP contribution is -2.60. The second kappa shape index (κ2) is 8.20. The van der Waals surface area contributed by atoms with Crippen molar-refractivity contribution in [2.75, 3.05) is 6.61 Å². The summed E-state index contributed by atoms with van der Waals surface area (Å²) in [5.41, 5.74) is 0.315. The summed E-state index contributed by atoms with van der Waals surface area (Å²) in [5, 5.41) is 10.7. The van der Waals surface area contributed by atoms with Crippen LogP contribution >= 0.6 is 0 Å². The summed E-state index contributed by atoms with van der Waals surface area (Å²) in [6.07, 6.45) is -0.328. The average Bonchev–Trinajstić information content (AvgIpc) is 2.85. The Bertz CT molecular complexity index is 714. The number of carbonyl (C=O) groups is 2. The summed E-state index contributed by atoms with van der Waals surface area (Å²) in [5.74, 6) is -1.25. The molecule has 0 amide bonds. The molecule has 7 heteroatoms. The number of esters is 2. The number of fused-ring (bicyclic) bond motifs is 2. The molecule has 3 rings (SSSR count). The lowest BCUT2D eigenvalue weighted by atomic mass is 9.64. The third-order valence-electron chi connectivity index (χ3n) is 6.81. The summed E-state index contributed by atoms with van der Waals surface area (Å²) < 4.78 is 23.0. The van der Waals surface area contributed by atoms with Crippen LogP contribution in [0.25, 0.3) is 0 Å². The van der Waals surface area contributed by atoms with Gasteiger partial charge in [-0.2, -0.15) is 0 Å². The monoisotopic (exact) mass is 408 g/mol. The first-order chi connectivity index (χ1) is 13.6. The van der Waals surface area contributed by atoms with Gasteiger partial charge in [0.1, 0.15) is 6.10 Å². The van der Waals surface area contributed by atoms with Crippen LogP contribution in [0.5, 0.6) is 0 Å². The van der Waals surface area contributed by atoms with Crippen molar-refractivity contribution in [3.05, 3.63) is 23.8 Å². The molecule has 8 unspecified atom stereocenters. The molecule has 7 nitrogen and oxygen atoms in total. The maximum atomic E-state index is 12.5. The minimum absolute atomic E-state index is 0.0149. The Morgan fingerprint density at radius 2 is 2.14 bits per heavy atom. The van der Waals surface area contributed by atoms with E-state index in [0.717, 1.165) is 0 Å². The predicted octanol–water partition coefficient (Wildman–Crippen LogP) is 2.73. The number of hydrogen-bond donors (Lipinski definition) is 1. The SMILES string of the molecule is C=C1C(=O)OC2CC(C)C3C(OC(=O)C(C)=CC)C(O)OC(OCC)C3(C)CC12. The normalized spacial score (nSPS) is 42.6. The van der Waals surface area contributed by atoms with Gasteiger partial charge in [-0.05, 0) is 39.5 Å². The van der Waals surface area contributed by atoms with Crippen LogP contribution in [0.3, 0.4) is 0 Å². The molecule has 0 bridgehead atoms. The highest BCUT2D eigenvalue weighted by Crippen LogP contribution is 2.56. The number of aliphatic hydroxyl groups is 1. The molecule has 1 saturated carbocycles. The van der Waals surface area contributed by atoms with Crippen LogP contribution in [0, 0.1) is 23.2 Å². The topological polar surface area (TPSA) is 91.3 Å². The molecule has 2 aliphatic heterocycles. The zero-order valence-corrected chi connectivity index (χ0v) is 17.8. The fourth-order valence-corrected chi connectivity index (χ4v) is 5.25. The van der Waals surface area contributed by atoms with E-state index in [9.17, 15) is 14.7 Å². The standard InChI is InChI=1S/C22H32O7/c1-7-11(3)18(23)28-17-16-12(4)9-15-14(13(5)19(24)27-15)10-22(16,6)21(26-8-2)29-20(17)25/h7,12,14-17,20-21,25H,5,8-10H2,1-4,6H3. The van der Waals surface area contributed by atoms with Gasteiger partial charge in [-0.1, -0.05) is 26.5 Å². The predicted molar refractivity (Wildman–Crippen MR) is 104 cm³/mol. The molecular formula is C22H32O7. The van der Waals surface area contributed by atoms with Crippen molar-refractivity contribution in [2.45, 2.75) is 72.2 Å². The van der Waals surface area contributed by atoms with Crippen LogP contribution in [0.15, 0.2) is 23.8 Å². The van der Waals surface area contributed by atoms with Gasteiger partial charge in [-0.15, -0.1) is 0 Å². The molecule has 0 spiro atoms. The Hall–Kier alpha value is -1.70. The molecule has 2 heterocycles. The molecule has 3 fully saturated rings. The van der Waals surface area contributed by atoms with Gasteiger partial charge in [0.15, 0.2) is 18.7 Å². The van der Waals surface area contributed by atoms with Gasteiger partial charge in [0.05, 0.1) is 0 Å². The molecule has 1 aliphatic carbocycles. The van der Waals surface area contributed by atoms with Crippen LogP contribution in [0.2, 0.25) is 0 Å². The number of aliphatic hydroxyl groups excluding tert-OH is 1. The molecule has 8 atom stereocenters. The fourth-order valence-electron chi connectivity index (χ4n) is 5.25. The van der Waals surface area contributed by atoms with E-state index in [0.29, 0.717) is 30.6 Å². The van der Waals surface area contributed by atoms with Gasteiger partial charge in [0.2, 0.25) is 0 Å². The number of allylic oxidation sites excluding steroid dienone is 1. The Morgan fingerprint density at radius 1 is 1.45 bits per heavy atom. The molecule has 0 aromatic heterocycles. The molecule has 0 aromatic rings. The van der Waals surface area contributed by atoms with E-state index < -0.39 is 30.1 Å². The third kappa shape index (κ3) is 3.76. The largest absolute Gasteiger partial charge is 0.458 e. The first-order valence-electron chi connectivity index (χ1n) is 10.3. The van der Waals surface area contributed by atoms with Crippen molar-refractivity contribution >= 4 is 11.9 Å². The summed E-state index contributed by atoms with van der Waals surface area (Å²) in [7, 11) is 0. The van der Waals surface area contributed by atoms with E-state index >= 15 is 0 Å². The number of ether oxygens (including phenoxy) is 4. The summed E-state index contributed by atoms with van der Waals surface area (Å²) in [4.78, 5) is 24.6. The van der Waals surface area contributed by atoms with Gasteiger partial charge in [0, 0.05) is 35.0 Å². The van der Waals surface area contributed by atoms with Gasteiger partial charge in [-0.25, -0.2) is 9.59 Å². The van der Waals surface area contributed by atoms with E-state index in [1.54, 1.807) is 19.9 Å². The molecule has 162 valence electrons. The van der Waals surface area contributed by atoms with Gasteiger partial charge in [0.25, 0.3) is 0 Å². The fraction of sp³-hybridized carbons (Fsp3) is 0.727. The highest BCUT2D eigenvalue weighted by Gasteiger charge is 2.61. The van der Waals surface area contributed by atoms with Crippen molar-refractivity contribution in [1.82, 2.24) is 0 Å². The lowest BCUT2D eigenvalue weighted by molar-refractivity contribution is -0.351. The van der Waals surface area contributed by atoms with E-state index in [1.165, 1.54) is 0 Å². The van der Waals surface area contributed by atoms with Crippen LogP contribution in [0.4, 0.5) is 0 Å². The smallest absolute Gasteiger partial charge is 0.334 e. The minimum atomic E-state index is -1.30. The molecule has 29 heavy (non-hydrogen) atoms. The summed E-state index contributed by atoms with van der Waals surface area (Å²) >= 11 is 0. The second-order valence-electron chi connectivity index (χ2n) is 8.68. The highest BCUT2D eigenvalue weighted by molar-refractivity contribution is 5.90. The maximum absolute atomic E-state index is 12.5. The van der Waals surface area contributed by atoms with Crippen molar-refractivity contribution in [1.29, 1.82) is 0 Å². The van der Waals surface area contributed by atoms with Crippen molar-refractivity contribution < 1.29 is 33.6 Å². The molecule has 1 N–H and O–H groups in total. The average molecular weight is 408 g/mol. The molecule has 0 radical (unpaired) electrons. The Morgan fingerprint density at radius 3 is 2.76 bits per heavy atom. The highest BCUT2D eigenvalue weighted by atomic mass is 16.7. The van der Waals surface area contributed by atoms with Gasteiger partial charge < -0.3 is 24.1 Å². The number of hydrogen-bond acceptors (Lipinski definition) is 7. The number of carbonyl (C=O) groups excluding carboxylic acids is 2. The third-order valence-corrected chi connectivity index (χ3v) is 6.81. The molecule has 2 saturated heterocycles. The van der Waals surface area contributed by atoms with Crippen LogP contribution in [-0.4, -0.2) is 48.4 Å². The first kappa shape index (κ1) is 22.0. The van der Waals surface area contributed by atoms with Gasteiger partial charge in [-0.3, -0.25) is 0 Å². The van der Waals surface area contributed by atoms with Crippen LogP contribution in [-0.2, 0) is 28.5 Å². The Labute approximate surface area is 172 Å². The molecule has 0 aromatic carbocycles.